The first-order valence-corrected chi connectivity index (χ1v) is 11.0. The normalized spacial score (nSPS) is 15.7. The number of aryl methyl sites for hydroxylation is 2. The Bertz CT molecular complexity index is 674. The molecular weight excluding hydrogens is 354 g/mol. The maximum absolute atomic E-state index is 12.0. The molecule has 148 valence electrons. The topological polar surface area (TPSA) is 109 Å². The van der Waals surface area contributed by atoms with Crippen LogP contribution in [0.15, 0.2) is 9.52 Å². The number of hydrogen-bond donors (Lipinski definition) is 3. The Labute approximate surface area is 156 Å². The summed E-state index contributed by atoms with van der Waals surface area (Å²) < 4.78 is 32.1. The minimum atomic E-state index is -3.26. The Hall–Kier alpha value is -1.61. The molecule has 1 heterocycles. The van der Waals surface area contributed by atoms with Crippen LogP contribution in [0.25, 0.3) is 0 Å². The van der Waals surface area contributed by atoms with Gasteiger partial charge in [0.25, 0.3) is 0 Å². The SMILES string of the molecule is CCc1noc(CC)c1CNC(=NC)NCCS(=O)(=O)NCC1CCC1. The van der Waals surface area contributed by atoms with Crippen molar-refractivity contribution in [2.45, 2.75) is 52.5 Å². The lowest BCUT2D eigenvalue weighted by molar-refractivity contribution is 0.316. The van der Waals surface area contributed by atoms with Crippen molar-refractivity contribution in [1.29, 1.82) is 0 Å². The lowest BCUT2D eigenvalue weighted by Crippen LogP contribution is -2.41. The molecule has 2 rings (SSSR count). The Kier molecular flexibility index (Phi) is 7.89. The van der Waals surface area contributed by atoms with Crippen LogP contribution >= 0.6 is 0 Å². The first kappa shape index (κ1) is 20.7. The van der Waals surface area contributed by atoms with Gasteiger partial charge in [-0.3, -0.25) is 4.99 Å². The van der Waals surface area contributed by atoms with Crippen molar-refractivity contribution in [2.24, 2.45) is 10.9 Å². The summed E-state index contributed by atoms with van der Waals surface area (Å²) in [6.07, 6.45) is 5.04. The molecule has 0 bridgehead atoms. The average Bonchev–Trinajstić information content (AvgIpc) is 2.98. The highest BCUT2D eigenvalue weighted by molar-refractivity contribution is 7.89. The summed E-state index contributed by atoms with van der Waals surface area (Å²) in [5.41, 5.74) is 1.99. The van der Waals surface area contributed by atoms with Crippen molar-refractivity contribution in [1.82, 2.24) is 20.5 Å². The molecule has 1 aliphatic rings. The van der Waals surface area contributed by atoms with Gasteiger partial charge in [0.2, 0.25) is 10.0 Å². The van der Waals surface area contributed by atoms with E-state index in [0.717, 1.165) is 42.7 Å². The average molecular weight is 386 g/mol. The van der Waals surface area contributed by atoms with Gasteiger partial charge in [-0.15, -0.1) is 0 Å². The highest BCUT2D eigenvalue weighted by atomic mass is 32.2. The molecule has 0 spiro atoms. The van der Waals surface area contributed by atoms with E-state index in [1.807, 2.05) is 13.8 Å². The van der Waals surface area contributed by atoms with Gasteiger partial charge < -0.3 is 15.2 Å². The second-order valence-corrected chi connectivity index (χ2v) is 8.48. The lowest BCUT2D eigenvalue weighted by Gasteiger charge is -2.25. The molecule has 0 aromatic carbocycles. The minimum Gasteiger partial charge on any atom is -0.361 e. The summed E-state index contributed by atoms with van der Waals surface area (Å²) in [6.45, 7) is 5.46. The third-order valence-electron chi connectivity index (χ3n) is 4.74. The fourth-order valence-electron chi connectivity index (χ4n) is 2.85. The van der Waals surface area contributed by atoms with E-state index in [9.17, 15) is 8.42 Å². The standard InChI is InChI=1S/C17H31N5O3S/c1-4-15-14(16(5-2)25-22-15)12-20-17(18-3)19-9-10-26(23,24)21-11-13-7-6-8-13/h13,21H,4-12H2,1-3H3,(H2,18,19,20). The van der Waals surface area contributed by atoms with Gasteiger partial charge in [0.1, 0.15) is 5.76 Å². The van der Waals surface area contributed by atoms with Gasteiger partial charge in [-0.2, -0.15) is 0 Å². The first-order chi connectivity index (χ1) is 12.5. The van der Waals surface area contributed by atoms with Gasteiger partial charge >= 0.3 is 0 Å². The van der Waals surface area contributed by atoms with Crippen molar-refractivity contribution in [3.63, 3.8) is 0 Å². The summed E-state index contributed by atoms with van der Waals surface area (Å²) in [4.78, 5) is 4.14. The van der Waals surface area contributed by atoms with Crippen LogP contribution in [0.1, 0.15) is 50.1 Å². The zero-order chi connectivity index (χ0) is 19.0. The fraction of sp³-hybridized carbons (Fsp3) is 0.765. The molecule has 1 aromatic rings. The Morgan fingerprint density at radius 2 is 2.04 bits per heavy atom. The van der Waals surface area contributed by atoms with Crippen molar-refractivity contribution < 1.29 is 12.9 Å². The number of hydrogen-bond acceptors (Lipinski definition) is 5. The highest BCUT2D eigenvalue weighted by Crippen LogP contribution is 2.25. The molecule has 0 unspecified atom stereocenters. The van der Waals surface area contributed by atoms with Gasteiger partial charge in [-0.05, 0) is 25.2 Å². The monoisotopic (exact) mass is 385 g/mol. The van der Waals surface area contributed by atoms with Crippen molar-refractivity contribution in [3.8, 4) is 0 Å². The van der Waals surface area contributed by atoms with Gasteiger partial charge in [0.15, 0.2) is 5.96 Å². The van der Waals surface area contributed by atoms with Gasteiger partial charge in [0.05, 0.1) is 11.4 Å². The van der Waals surface area contributed by atoms with E-state index in [1.165, 1.54) is 6.42 Å². The van der Waals surface area contributed by atoms with E-state index in [4.69, 9.17) is 4.52 Å². The Morgan fingerprint density at radius 1 is 1.27 bits per heavy atom. The van der Waals surface area contributed by atoms with Crippen LogP contribution in [0.3, 0.4) is 0 Å². The van der Waals surface area contributed by atoms with Crippen LogP contribution in [0, 0.1) is 5.92 Å². The second-order valence-electron chi connectivity index (χ2n) is 6.55. The predicted molar refractivity (Wildman–Crippen MR) is 103 cm³/mol. The molecule has 0 radical (unpaired) electrons. The number of aliphatic imine (C=N–C) groups is 1. The molecule has 1 fully saturated rings. The van der Waals surface area contributed by atoms with Crippen LogP contribution in [0.5, 0.6) is 0 Å². The van der Waals surface area contributed by atoms with Crippen LogP contribution in [-0.4, -0.2) is 45.4 Å². The molecule has 9 heteroatoms. The second kappa shape index (κ2) is 9.91. The Balaban J connectivity index is 1.76. The number of nitrogens with zero attached hydrogens (tertiary/aromatic N) is 2. The van der Waals surface area contributed by atoms with Crippen LogP contribution < -0.4 is 15.4 Å². The van der Waals surface area contributed by atoms with Crippen LogP contribution in [0.4, 0.5) is 0 Å². The zero-order valence-electron chi connectivity index (χ0n) is 16.0. The highest BCUT2D eigenvalue weighted by Gasteiger charge is 2.20. The van der Waals surface area contributed by atoms with Crippen molar-refractivity contribution >= 4 is 16.0 Å². The maximum Gasteiger partial charge on any atom is 0.213 e. The van der Waals surface area contributed by atoms with Crippen molar-refractivity contribution in [2.75, 3.05) is 25.9 Å². The van der Waals surface area contributed by atoms with Gasteiger partial charge in [-0.1, -0.05) is 25.4 Å². The smallest absolute Gasteiger partial charge is 0.213 e. The molecule has 0 amide bonds. The first-order valence-electron chi connectivity index (χ1n) is 9.37. The third-order valence-corrected chi connectivity index (χ3v) is 6.09. The summed E-state index contributed by atoms with van der Waals surface area (Å²) in [5, 5.41) is 10.3. The zero-order valence-corrected chi connectivity index (χ0v) is 16.8. The molecular formula is C17H31N5O3S. The molecule has 1 saturated carbocycles. The minimum absolute atomic E-state index is 0.0219. The molecule has 1 aliphatic carbocycles. The van der Waals surface area contributed by atoms with E-state index in [2.05, 4.69) is 25.5 Å². The third kappa shape index (κ3) is 5.98. The van der Waals surface area contributed by atoms with E-state index >= 15 is 0 Å². The molecule has 3 N–H and O–H groups in total. The quantitative estimate of drug-likeness (QED) is 0.412. The molecule has 1 aromatic heterocycles. The molecule has 26 heavy (non-hydrogen) atoms. The maximum atomic E-state index is 12.0. The fourth-order valence-corrected chi connectivity index (χ4v) is 3.85. The van der Waals surface area contributed by atoms with E-state index < -0.39 is 10.0 Å². The number of aromatic nitrogens is 1. The van der Waals surface area contributed by atoms with E-state index in [0.29, 0.717) is 31.5 Å². The Morgan fingerprint density at radius 3 is 2.62 bits per heavy atom. The lowest BCUT2D eigenvalue weighted by atomic mass is 9.86. The number of rotatable bonds is 10. The van der Waals surface area contributed by atoms with Crippen LogP contribution in [-0.2, 0) is 29.4 Å². The summed E-state index contributed by atoms with van der Waals surface area (Å²) in [5.74, 6) is 1.96. The summed E-state index contributed by atoms with van der Waals surface area (Å²) >= 11 is 0. The molecule has 0 atom stereocenters. The number of guanidine groups is 1. The molecule has 8 nitrogen and oxygen atoms in total. The van der Waals surface area contributed by atoms with Crippen LogP contribution in [0.2, 0.25) is 0 Å². The van der Waals surface area contributed by atoms with E-state index in [-0.39, 0.29) is 5.75 Å². The van der Waals surface area contributed by atoms with Crippen molar-refractivity contribution in [3.05, 3.63) is 17.0 Å². The summed E-state index contributed by atoms with van der Waals surface area (Å²) in [7, 11) is -1.60. The molecule has 0 aliphatic heterocycles. The molecule has 0 saturated heterocycles. The summed E-state index contributed by atoms with van der Waals surface area (Å²) in [6, 6.07) is 0. The number of nitrogens with one attached hydrogen (secondary N) is 3. The largest absolute Gasteiger partial charge is 0.361 e. The van der Waals surface area contributed by atoms with Gasteiger partial charge in [-0.25, -0.2) is 13.1 Å². The van der Waals surface area contributed by atoms with Gasteiger partial charge in [0, 0.05) is 38.7 Å². The van der Waals surface area contributed by atoms with E-state index in [1.54, 1.807) is 7.05 Å². The number of sulfonamides is 1. The predicted octanol–water partition coefficient (Wildman–Crippen LogP) is 1.18.